The Morgan fingerprint density at radius 3 is 2.63 bits per heavy atom. The minimum Gasteiger partial charge on any atom is -0.377 e. The maximum atomic E-state index is 13.1. The maximum absolute atomic E-state index is 13.1. The maximum Gasteiger partial charge on any atom is 0.252 e. The number of pyridine rings is 1. The minimum atomic E-state index is -0.0665. The molecule has 0 amide bonds. The van der Waals surface area contributed by atoms with E-state index in [1.807, 2.05) is 22.9 Å². The van der Waals surface area contributed by atoms with Crippen molar-refractivity contribution in [3.8, 4) is 0 Å². The standard InChI is InChI=1S/C26H36N6O3/c1-17(2)24(25-28-29-30-32(25)16-22-7-5-11-35-22)31(15-21-6-4-10-34-21)14-20-13-19-12-18(3)8-9-23(19)27-26(20)33/h8-9,12-13,17,21-22,24H,4-7,10-11,14-16H2,1-3H3,(H,27,33)/t21-,22-,24+/m0/s1. The molecule has 0 unspecified atom stereocenters. The lowest BCUT2D eigenvalue weighted by Crippen LogP contribution is -2.40. The predicted octanol–water partition coefficient (Wildman–Crippen LogP) is 3.38. The van der Waals surface area contributed by atoms with Gasteiger partial charge in [-0.25, -0.2) is 4.68 Å². The molecule has 0 aliphatic carbocycles. The summed E-state index contributed by atoms with van der Waals surface area (Å²) in [7, 11) is 0. The fraction of sp³-hybridized carbons (Fsp3) is 0.615. The molecule has 188 valence electrons. The second-order valence-electron chi connectivity index (χ2n) is 10.3. The molecule has 5 rings (SSSR count). The Morgan fingerprint density at radius 1 is 1.14 bits per heavy atom. The van der Waals surface area contributed by atoms with Crippen LogP contribution in [0.15, 0.2) is 29.1 Å². The zero-order chi connectivity index (χ0) is 24.4. The molecule has 35 heavy (non-hydrogen) atoms. The summed E-state index contributed by atoms with van der Waals surface area (Å²) in [6.45, 7) is 9.89. The molecule has 0 bridgehead atoms. The van der Waals surface area contributed by atoms with Crippen LogP contribution in [0, 0.1) is 12.8 Å². The Bertz CT molecular complexity index is 1190. The van der Waals surface area contributed by atoms with E-state index in [2.05, 4.69) is 52.2 Å². The highest BCUT2D eigenvalue weighted by atomic mass is 16.5. The molecular formula is C26H36N6O3. The monoisotopic (exact) mass is 480 g/mol. The zero-order valence-electron chi connectivity index (χ0n) is 20.9. The molecule has 1 N–H and O–H groups in total. The van der Waals surface area contributed by atoms with Gasteiger partial charge >= 0.3 is 0 Å². The van der Waals surface area contributed by atoms with Crippen molar-refractivity contribution >= 4 is 10.9 Å². The van der Waals surface area contributed by atoms with Gasteiger partial charge in [-0.3, -0.25) is 9.69 Å². The third-order valence-corrected chi connectivity index (χ3v) is 7.16. The van der Waals surface area contributed by atoms with Gasteiger partial charge in [0.1, 0.15) is 0 Å². The molecule has 0 radical (unpaired) electrons. The fourth-order valence-corrected chi connectivity index (χ4v) is 5.45. The van der Waals surface area contributed by atoms with Gasteiger partial charge in [0.15, 0.2) is 5.82 Å². The van der Waals surface area contributed by atoms with E-state index in [4.69, 9.17) is 9.47 Å². The molecule has 9 nitrogen and oxygen atoms in total. The van der Waals surface area contributed by atoms with Crippen LogP contribution >= 0.6 is 0 Å². The molecule has 2 aromatic heterocycles. The number of H-pyrrole nitrogens is 1. The van der Waals surface area contributed by atoms with Crippen LogP contribution < -0.4 is 5.56 Å². The average Bonchev–Trinajstić information content (AvgIpc) is 3.59. The topological polar surface area (TPSA) is 98.2 Å². The number of hydrogen-bond donors (Lipinski definition) is 1. The smallest absolute Gasteiger partial charge is 0.252 e. The van der Waals surface area contributed by atoms with Crippen LogP contribution in [-0.4, -0.2) is 62.1 Å². The molecule has 9 heteroatoms. The molecular weight excluding hydrogens is 444 g/mol. The van der Waals surface area contributed by atoms with Crippen LogP contribution in [0.5, 0.6) is 0 Å². The molecule has 2 fully saturated rings. The van der Waals surface area contributed by atoms with Crippen LogP contribution in [-0.2, 0) is 22.6 Å². The number of ether oxygens (including phenoxy) is 2. The summed E-state index contributed by atoms with van der Waals surface area (Å²) < 4.78 is 13.8. The number of aromatic amines is 1. The van der Waals surface area contributed by atoms with Crippen LogP contribution in [0.3, 0.4) is 0 Å². The summed E-state index contributed by atoms with van der Waals surface area (Å²) in [4.78, 5) is 18.5. The molecule has 0 saturated carbocycles. The van der Waals surface area contributed by atoms with E-state index >= 15 is 0 Å². The van der Waals surface area contributed by atoms with Gasteiger partial charge in [0.25, 0.3) is 5.56 Å². The van der Waals surface area contributed by atoms with Crippen molar-refractivity contribution in [2.45, 2.75) is 77.8 Å². The molecule has 2 aliphatic heterocycles. The number of aromatic nitrogens is 5. The van der Waals surface area contributed by atoms with Crippen molar-refractivity contribution in [3.05, 3.63) is 51.6 Å². The lowest BCUT2D eigenvalue weighted by molar-refractivity contribution is 0.0365. The van der Waals surface area contributed by atoms with Gasteiger partial charge < -0.3 is 14.5 Å². The molecule has 2 saturated heterocycles. The third kappa shape index (κ3) is 5.47. The van der Waals surface area contributed by atoms with Crippen molar-refractivity contribution in [2.24, 2.45) is 5.92 Å². The van der Waals surface area contributed by atoms with Gasteiger partial charge in [-0.15, -0.1) is 5.10 Å². The SMILES string of the molecule is Cc1ccc2[nH]c(=O)c(CN(C[C@@H]3CCCO3)[C@@H](c3nnnn3C[C@@H]3CCCO3)C(C)C)cc2c1. The quantitative estimate of drug-likeness (QED) is 0.501. The lowest BCUT2D eigenvalue weighted by atomic mass is 9.99. The number of fused-ring (bicyclic) bond motifs is 1. The van der Waals surface area contributed by atoms with E-state index in [1.54, 1.807) is 0 Å². The van der Waals surface area contributed by atoms with Gasteiger partial charge in [-0.2, -0.15) is 0 Å². The van der Waals surface area contributed by atoms with E-state index in [0.29, 0.717) is 13.1 Å². The van der Waals surface area contributed by atoms with Crippen LogP contribution in [0.2, 0.25) is 0 Å². The van der Waals surface area contributed by atoms with E-state index in [0.717, 1.165) is 67.7 Å². The Hall–Kier alpha value is -2.62. The first-order valence-corrected chi connectivity index (χ1v) is 12.8. The van der Waals surface area contributed by atoms with E-state index in [1.165, 1.54) is 5.56 Å². The van der Waals surface area contributed by atoms with Crippen LogP contribution in [0.1, 0.15) is 62.5 Å². The van der Waals surface area contributed by atoms with Gasteiger partial charge in [0.2, 0.25) is 0 Å². The molecule has 2 aliphatic rings. The molecule has 3 atom stereocenters. The van der Waals surface area contributed by atoms with E-state index < -0.39 is 0 Å². The second kappa shape index (κ2) is 10.6. The van der Waals surface area contributed by atoms with Crippen molar-refractivity contribution in [1.82, 2.24) is 30.1 Å². The highest BCUT2D eigenvalue weighted by Crippen LogP contribution is 2.31. The van der Waals surface area contributed by atoms with Crippen LogP contribution in [0.25, 0.3) is 10.9 Å². The Morgan fingerprint density at radius 2 is 1.91 bits per heavy atom. The highest BCUT2D eigenvalue weighted by molar-refractivity contribution is 5.79. The van der Waals surface area contributed by atoms with Crippen molar-refractivity contribution < 1.29 is 9.47 Å². The van der Waals surface area contributed by atoms with E-state index in [9.17, 15) is 4.79 Å². The lowest BCUT2D eigenvalue weighted by Gasteiger charge is -2.35. The van der Waals surface area contributed by atoms with Gasteiger partial charge in [0.05, 0.1) is 24.8 Å². The number of rotatable bonds is 9. The third-order valence-electron chi connectivity index (χ3n) is 7.16. The summed E-state index contributed by atoms with van der Waals surface area (Å²) in [6.07, 6.45) is 4.47. The summed E-state index contributed by atoms with van der Waals surface area (Å²) in [5.74, 6) is 1.05. The van der Waals surface area contributed by atoms with Gasteiger partial charge in [-0.05, 0) is 72.5 Å². The number of tetrazole rings is 1. The molecule has 4 heterocycles. The summed E-state index contributed by atoms with van der Waals surface area (Å²) in [6, 6.07) is 8.06. The Kier molecular flexibility index (Phi) is 7.27. The number of hydrogen-bond acceptors (Lipinski definition) is 7. The van der Waals surface area contributed by atoms with Crippen molar-refractivity contribution in [1.29, 1.82) is 0 Å². The largest absolute Gasteiger partial charge is 0.377 e. The average molecular weight is 481 g/mol. The van der Waals surface area contributed by atoms with Crippen molar-refractivity contribution in [2.75, 3.05) is 19.8 Å². The summed E-state index contributed by atoms with van der Waals surface area (Å²) >= 11 is 0. The number of benzene rings is 1. The number of nitrogens with one attached hydrogen (secondary N) is 1. The predicted molar refractivity (Wildman–Crippen MR) is 133 cm³/mol. The Balaban J connectivity index is 1.49. The first-order valence-electron chi connectivity index (χ1n) is 12.8. The zero-order valence-corrected chi connectivity index (χ0v) is 20.9. The minimum absolute atomic E-state index is 0.0554. The number of nitrogens with zero attached hydrogens (tertiary/aromatic N) is 5. The van der Waals surface area contributed by atoms with Crippen LogP contribution in [0.4, 0.5) is 0 Å². The summed E-state index contributed by atoms with van der Waals surface area (Å²) in [5.41, 5.74) is 2.71. The fourth-order valence-electron chi connectivity index (χ4n) is 5.45. The number of aryl methyl sites for hydroxylation is 1. The highest BCUT2D eigenvalue weighted by Gasteiger charge is 2.33. The first kappa shape index (κ1) is 24.1. The molecule has 1 aromatic carbocycles. The second-order valence-corrected chi connectivity index (χ2v) is 10.3. The normalized spacial score (nSPS) is 21.5. The Labute approximate surface area is 205 Å². The first-order chi connectivity index (χ1) is 17.0. The molecule has 0 spiro atoms. The van der Waals surface area contributed by atoms with Gasteiger partial charge in [-0.1, -0.05) is 25.5 Å². The van der Waals surface area contributed by atoms with Gasteiger partial charge in [0, 0.05) is 37.4 Å². The van der Waals surface area contributed by atoms with Crippen molar-refractivity contribution in [3.63, 3.8) is 0 Å². The summed E-state index contributed by atoms with van der Waals surface area (Å²) in [5, 5.41) is 13.9. The van der Waals surface area contributed by atoms with E-state index in [-0.39, 0.29) is 29.7 Å². The molecule has 3 aromatic rings.